The standard InChI is InChI=1S/C14H16N2O/c1-15-14(12-3-2-7-16-12)11-4-5-13-10(9-11)6-8-17-13/h2-5,7,9,14-16H,6,8H2,1H3. The Morgan fingerprint density at radius 3 is 3.06 bits per heavy atom. The van der Waals surface area contributed by atoms with Gasteiger partial charge in [0.25, 0.3) is 0 Å². The summed E-state index contributed by atoms with van der Waals surface area (Å²) >= 11 is 0. The highest BCUT2D eigenvalue weighted by molar-refractivity contribution is 5.42. The molecule has 0 radical (unpaired) electrons. The van der Waals surface area contributed by atoms with Crippen molar-refractivity contribution in [3.05, 3.63) is 53.3 Å². The van der Waals surface area contributed by atoms with Gasteiger partial charge in [-0.1, -0.05) is 12.1 Å². The van der Waals surface area contributed by atoms with Crippen LogP contribution in [-0.4, -0.2) is 18.6 Å². The summed E-state index contributed by atoms with van der Waals surface area (Å²) in [4.78, 5) is 3.26. The molecule has 2 N–H and O–H groups in total. The van der Waals surface area contributed by atoms with E-state index in [1.807, 2.05) is 19.3 Å². The van der Waals surface area contributed by atoms with Gasteiger partial charge in [0, 0.05) is 18.3 Å². The maximum atomic E-state index is 5.53. The average Bonchev–Trinajstić information content (AvgIpc) is 2.99. The molecule has 0 aliphatic carbocycles. The van der Waals surface area contributed by atoms with Gasteiger partial charge >= 0.3 is 0 Å². The van der Waals surface area contributed by atoms with Crippen molar-refractivity contribution >= 4 is 0 Å². The van der Waals surface area contributed by atoms with Gasteiger partial charge in [0.05, 0.1) is 12.6 Å². The Morgan fingerprint density at radius 2 is 2.29 bits per heavy atom. The molecule has 1 atom stereocenters. The maximum Gasteiger partial charge on any atom is 0.122 e. The lowest BCUT2D eigenvalue weighted by molar-refractivity contribution is 0.357. The van der Waals surface area contributed by atoms with Crippen LogP contribution in [-0.2, 0) is 6.42 Å². The van der Waals surface area contributed by atoms with Gasteiger partial charge in [0.15, 0.2) is 0 Å². The molecule has 0 saturated heterocycles. The molecule has 0 saturated carbocycles. The lowest BCUT2D eigenvalue weighted by Crippen LogP contribution is -2.18. The monoisotopic (exact) mass is 228 g/mol. The number of nitrogens with one attached hydrogen (secondary N) is 2. The van der Waals surface area contributed by atoms with E-state index in [0.29, 0.717) is 0 Å². The van der Waals surface area contributed by atoms with Gasteiger partial charge in [-0.25, -0.2) is 0 Å². The normalized spacial score (nSPS) is 15.4. The smallest absolute Gasteiger partial charge is 0.122 e. The fourth-order valence-electron chi connectivity index (χ4n) is 2.41. The predicted molar refractivity (Wildman–Crippen MR) is 67.3 cm³/mol. The van der Waals surface area contributed by atoms with Crippen molar-refractivity contribution in [1.29, 1.82) is 0 Å². The van der Waals surface area contributed by atoms with Crippen LogP contribution in [0.3, 0.4) is 0 Å². The predicted octanol–water partition coefficient (Wildman–Crippen LogP) is 2.26. The van der Waals surface area contributed by atoms with Crippen LogP contribution in [0.25, 0.3) is 0 Å². The molecule has 2 heterocycles. The zero-order valence-corrected chi connectivity index (χ0v) is 9.86. The number of rotatable bonds is 3. The minimum Gasteiger partial charge on any atom is -0.493 e. The lowest BCUT2D eigenvalue weighted by atomic mass is 10.0. The summed E-state index contributed by atoms with van der Waals surface area (Å²) in [5.41, 5.74) is 3.78. The van der Waals surface area contributed by atoms with E-state index in [0.717, 1.165) is 18.8 Å². The van der Waals surface area contributed by atoms with Gasteiger partial charge in [0.1, 0.15) is 5.75 Å². The number of ether oxygens (including phenoxy) is 1. The number of hydrogen-bond donors (Lipinski definition) is 2. The third kappa shape index (κ3) is 1.83. The summed E-state index contributed by atoms with van der Waals surface area (Å²) in [6, 6.07) is 10.8. The molecule has 0 fully saturated rings. The Balaban J connectivity index is 1.97. The van der Waals surface area contributed by atoms with Crippen LogP contribution in [0.4, 0.5) is 0 Å². The molecule has 88 valence electrons. The molecule has 1 unspecified atom stereocenters. The number of H-pyrrole nitrogens is 1. The van der Waals surface area contributed by atoms with Gasteiger partial charge in [-0.2, -0.15) is 0 Å². The quantitative estimate of drug-likeness (QED) is 0.845. The zero-order valence-electron chi connectivity index (χ0n) is 9.86. The first-order valence-electron chi connectivity index (χ1n) is 5.94. The number of benzene rings is 1. The first kappa shape index (κ1) is 10.4. The van der Waals surface area contributed by atoms with Crippen LogP contribution in [0.2, 0.25) is 0 Å². The number of aromatic amines is 1. The second-order valence-corrected chi connectivity index (χ2v) is 4.31. The van der Waals surface area contributed by atoms with Crippen LogP contribution in [0.1, 0.15) is 22.9 Å². The third-order valence-corrected chi connectivity index (χ3v) is 3.27. The van der Waals surface area contributed by atoms with E-state index in [-0.39, 0.29) is 6.04 Å². The van der Waals surface area contributed by atoms with Crippen molar-refractivity contribution in [2.75, 3.05) is 13.7 Å². The highest BCUT2D eigenvalue weighted by Crippen LogP contribution is 2.29. The van der Waals surface area contributed by atoms with Crippen LogP contribution in [0, 0.1) is 0 Å². The highest BCUT2D eigenvalue weighted by atomic mass is 16.5. The van der Waals surface area contributed by atoms with Crippen LogP contribution in [0.15, 0.2) is 36.5 Å². The number of hydrogen-bond acceptors (Lipinski definition) is 2. The molecule has 0 amide bonds. The molecule has 3 rings (SSSR count). The summed E-state index contributed by atoms with van der Waals surface area (Å²) in [6.45, 7) is 0.811. The molecule has 1 aromatic heterocycles. The third-order valence-electron chi connectivity index (χ3n) is 3.27. The first-order chi connectivity index (χ1) is 8.38. The first-order valence-corrected chi connectivity index (χ1v) is 5.94. The van der Waals surface area contributed by atoms with Gasteiger partial charge in [-0.3, -0.25) is 0 Å². The van der Waals surface area contributed by atoms with E-state index < -0.39 is 0 Å². The fraction of sp³-hybridized carbons (Fsp3) is 0.286. The molecular weight excluding hydrogens is 212 g/mol. The molecule has 2 aromatic rings. The topological polar surface area (TPSA) is 37.0 Å². The molecule has 0 spiro atoms. The minimum atomic E-state index is 0.218. The molecule has 1 aliphatic heterocycles. The van der Waals surface area contributed by atoms with Gasteiger partial charge in [-0.05, 0) is 36.4 Å². The van der Waals surface area contributed by atoms with Gasteiger partial charge in [0.2, 0.25) is 0 Å². The van der Waals surface area contributed by atoms with Crippen molar-refractivity contribution in [3.63, 3.8) is 0 Å². The maximum absolute atomic E-state index is 5.53. The molecule has 0 bridgehead atoms. The molecule has 3 heteroatoms. The van der Waals surface area contributed by atoms with E-state index in [9.17, 15) is 0 Å². The largest absolute Gasteiger partial charge is 0.493 e. The van der Waals surface area contributed by atoms with E-state index in [1.165, 1.54) is 16.8 Å². The molecular formula is C14H16N2O. The van der Waals surface area contributed by atoms with E-state index >= 15 is 0 Å². The molecule has 1 aromatic carbocycles. The fourth-order valence-corrected chi connectivity index (χ4v) is 2.41. The zero-order chi connectivity index (χ0) is 11.7. The Hall–Kier alpha value is -1.74. The lowest BCUT2D eigenvalue weighted by Gasteiger charge is -2.16. The minimum absolute atomic E-state index is 0.218. The van der Waals surface area contributed by atoms with Crippen LogP contribution in [0.5, 0.6) is 5.75 Å². The second kappa shape index (κ2) is 4.26. The Bertz CT molecular complexity index is 505. The summed E-state index contributed by atoms with van der Waals surface area (Å²) in [6.07, 6.45) is 2.97. The summed E-state index contributed by atoms with van der Waals surface area (Å²) in [5.74, 6) is 1.04. The highest BCUT2D eigenvalue weighted by Gasteiger charge is 2.17. The van der Waals surface area contributed by atoms with E-state index in [4.69, 9.17) is 4.74 Å². The van der Waals surface area contributed by atoms with Crippen molar-refractivity contribution in [3.8, 4) is 5.75 Å². The van der Waals surface area contributed by atoms with Crippen molar-refractivity contribution < 1.29 is 4.74 Å². The number of aromatic nitrogens is 1. The van der Waals surface area contributed by atoms with E-state index in [1.54, 1.807) is 0 Å². The molecule has 17 heavy (non-hydrogen) atoms. The van der Waals surface area contributed by atoms with Crippen LogP contribution < -0.4 is 10.1 Å². The van der Waals surface area contributed by atoms with Gasteiger partial charge in [-0.15, -0.1) is 0 Å². The average molecular weight is 228 g/mol. The Morgan fingerprint density at radius 1 is 1.35 bits per heavy atom. The Kier molecular flexibility index (Phi) is 2.61. The Labute approximate surface area is 101 Å². The molecule has 1 aliphatic rings. The second-order valence-electron chi connectivity index (χ2n) is 4.31. The summed E-state index contributed by atoms with van der Waals surface area (Å²) < 4.78 is 5.53. The van der Waals surface area contributed by atoms with Crippen molar-refractivity contribution in [2.45, 2.75) is 12.5 Å². The number of fused-ring (bicyclic) bond motifs is 1. The van der Waals surface area contributed by atoms with Crippen molar-refractivity contribution in [1.82, 2.24) is 10.3 Å². The summed E-state index contributed by atoms with van der Waals surface area (Å²) in [7, 11) is 1.98. The van der Waals surface area contributed by atoms with Crippen molar-refractivity contribution in [2.24, 2.45) is 0 Å². The van der Waals surface area contributed by atoms with Crippen LogP contribution >= 0.6 is 0 Å². The van der Waals surface area contributed by atoms with E-state index in [2.05, 4.69) is 34.6 Å². The summed E-state index contributed by atoms with van der Waals surface area (Å²) in [5, 5.41) is 3.34. The SMILES string of the molecule is CNC(c1ccc2c(c1)CCO2)c1ccc[nH]1. The van der Waals surface area contributed by atoms with Gasteiger partial charge < -0.3 is 15.0 Å². The molecule has 3 nitrogen and oxygen atoms in total.